The molecule has 0 aliphatic heterocycles. The second-order valence-corrected chi connectivity index (χ2v) is 10.2. The van der Waals surface area contributed by atoms with Crippen LogP contribution in [0, 0.1) is 17.3 Å². The minimum absolute atomic E-state index is 0.401. The van der Waals surface area contributed by atoms with E-state index in [1.807, 2.05) is 6.92 Å². The molecule has 3 nitrogen and oxygen atoms in total. The molecule has 0 N–H and O–H groups in total. The minimum Gasteiger partial charge on any atom is -0.497 e. The fourth-order valence-corrected chi connectivity index (χ4v) is 7.42. The van der Waals surface area contributed by atoms with E-state index >= 15 is 0 Å². The average molecular weight is 420 g/mol. The van der Waals surface area contributed by atoms with Crippen molar-refractivity contribution in [3.63, 3.8) is 0 Å². The predicted octanol–water partition coefficient (Wildman–Crippen LogP) is 6.46. The van der Waals surface area contributed by atoms with Crippen molar-refractivity contribution in [1.82, 2.24) is 0 Å². The van der Waals surface area contributed by atoms with Crippen LogP contribution in [0.4, 0.5) is 5.69 Å². The van der Waals surface area contributed by atoms with Crippen molar-refractivity contribution in [3.05, 3.63) is 53.6 Å². The Labute approximate surface area is 187 Å². The molecule has 0 spiro atoms. The summed E-state index contributed by atoms with van der Waals surface area (Å²) >= 11 is 0. The lowest BCUT2D eigenvalue weighted by Gasteiger charge is -2.52. The van der Waals surface area contributed by atoms with E-state index in [0.717, 1.165) is 35.9 Å². The number of ether oxygens (including phenoxy) is 2. The SMILES string of the molecule is CCOc1ccc(N(C)[C@@H]2CC[C@H]3[C@@H]4CCc5cc(OC)ccc5[C@H]4CC[C@@]32C)cc1. The first-order valence-electron chi connectivity index (χ1n) is 12.2. The molecule has 0 bridgehead atoms. The molecule has 2 aromatic rings. The van der Waals surface area contributed by atoms with Crippen LogP contribution in [0.2, 0.25) is 0 Å². The summed E-state index contributed by atoms with van der Waals surface area (Å²) in [6.45, 7) is 5.35. The van der Waals surface area contributed by atoms with Crippen LogP contribution in [-0.2, 0) is 6.42 Å². The topological polar surface area (TPSA) is 21.7 Å². The van der Waals surface area contributed by atoms with Gasteiger partial charge in [-0.1, -0.05) is 13.0 Å². The van der Waals surface area contributed by atoms with Gasteiger partial charge in [0.25, 0.3) is 0 Å². The number of nitrogens with zero attached hydrogens (tertiary/aromatic N) is 1. The molecule has 0 saturated heterocycles. The molecule has 3 aliphatic carbocycles. The van der Waals surface area contributed by atoms with E-state index in [0.29, 0.717) is 11.5 Å². The Hall–Kier alpha value is -2.16. The number of anilines is 1. The number of benzene rings is 2. The van der Waals surface area contributed by atoms with Gasteiger partial charge in [0.1, 0.15) is 11.5 Å². The van der Waals surface area contributed by atoms with Crippen LogP contribution in [0.25, 0.3) is 0 Å². The molecule has 31 heavy (non-hydrogen) atoms. The molecule has 0 amide bonds. The summed E-state index contributed by atoms with van der Waals surface area (Å²) in [6, 6.07) is 16.2. The number of hydrogen-bond acceptors (Lipinski definition) is 3. The molecule has 3 heteroatoms. The van der Waals surface area contributed by atoms with Gasteiger partial charge < -0.3 is 14.4 Å². The number of methoxy groups -OCH3 is 1. The van der Waals surface area contributed by atoms with Crippen LogP contribution in [0.3, 0.4) is 0 Å². The third kappa shape index (κ3) is 3.41. The lowest BCUT2D eigenvalue weighted by Crippen LogP contribution is -2.49. The summed E-state index contributed by atoms with van der Waals surface area (Å²) in [7, 11) is 4.08. The highest BCUT2D eigenvalue weighted by molar-refractivity contribution is 5.50. The molecule has 0 radical (unpaired) electrons. The van der Waals surface area contributed by atoms with Crippen molar-refractivity contribution >= 4 is 5.69 Å². The van der Waals surface area contributed by atoms with Gasteiger partial charge in [0.05, 0.1) is 13.7 Å². The highest BCUT2D eigenvalue weighted by Crippen LogP contribution is 2.62. The van der Waals surface area contributed by atoms with E-state index in [1.165, 1.54) is 49.8 Å². The van der Waals surface area contributed by atoms with E-state index in [-0.39, 0.29) is 0 Å². The number of aryl methyl sites for hydroxylation is 1. The summed E-state index contributed by atoms with van der Waals surface area (Å²) in [5.41, 5.74) is 4.87. The Bertz CT molecular complexity index is 923. The highest BCUT2D eigenvalue weighted by Gasteiger charge is 2.55. The smallest absolute Gasteiger partial charge is 0.119 e. The maximum atomic E-state index is 5.65. The Morgan fingerprint density at radius 1 is 1.00 bits per heavy atom. The standard InChI is InChI=1S/C28H37NO2/c1-5-31-21-9-7-20(8-10-21)29(3)27-15-14-26-25-12-6-19-18-22(30-4)11-13-23(19)24(25)16-17-28(26,27)2/h7-11,13,18,24-27H,5-6,12,14-17H2,1-4H3/t24-,25-,26+,27-,28+/m1/s1. The van der Waals surface area contributed by atoms with E-state index < -0.39 is 0 Å². The number of fused-ring (bicyclic) bond motifs is 5. The summed E-state index contributed by atoms with van der Waals surface area (Å²) in [6.07, 6.45) is 7.88. The largest absolute Gasteiger partial charge is 0.497 e. The zero-order valence-corrected chi connectivity index (χ0v) is 19.6. The number of rotatable bonds is 5. The summed E-state index contributed by atoms with van der Waals surface area (Å²) in [4.78, 5) is 2.57. The van der Waals surface area contributed by atoms with Gasteiger partial charge in [-0.05, 0) is 116 Å². The summed E-state index contributed by atoms with van der Waals surface area (Å²) < 4.78 is 11.1. The van der Waals surface area contributed by atoms with Crippen LogP contribution in [-0.4, -0.2) is 26.8 Å². The zero-order valence-electron chi connectivity index (χ0n) is 19.6. The van der Waals surface area contributed by atoms with Crippen LogP contribution in [0.1, 0.15) is 63.0 Å². The molecule has 3 aliphatic rings. The fraction of sp³-hybridized carbons (Fsp3) is 0.571. The Kier molecular flexibility index (Phi) is 5.40. The molecule has 166 valence electrons. The molecule has 5 rings (SSSR count). The Morgan fingerprint density at radius 2 is 1.77 bits per heavy atom. The maximum absolute atomic E-state index is 5.65. The van der Waals surface area contributed by atoms with Crippen LogP contribution in [0.15, 0.2) is 42.5 Å². The van der Waals surface area contributed by atoms with Crippen molar-refractivity contribution in [3.8, 4) is 11.5 Å². The second kappa shape index (κ2) is 8.07. The van der Waals surface area contributed by atoms with Crippen molar-refractivity contribution in [1.29, 1.82) is 0 Å². The zero-order chi connectivity index (χ0) is 21.6. The maximum Gasteiger partial charge on any atom is 0.119 e. The molecular weight excluding hydrogens is 382 g/mol. The normalized spacial score (nSPS) is 31.4. The van der Waals surface area contributed by atoms with Crippen LogP contribution >= 0.6 is 0 Å². The molecule has 2 fully saturated rings. The molecule has 2 saturated carbocycles. The number of hydrogen-bond donors (Lipinski definition) is 0. The van der Waals surface area contributed by atoms with E-state index in [4.69, 9.17) is 9.47 Å². The quantitative estimate of drug-likeness (QED) is 0.555. The minimum atomic E-state index is 0.401. The molecule has 2 aromatic carbocycles. The van der Waals surface area contributed by atoms with Gasteiger partial charge >= 0.3 is 0 Å². The summed E-state index contributed by atoms with van der Waals surface area (Å²) in [5, 5.41) is 0. The van der Waals surface area contributed by atoms with Gasteiger partial charge in [0.15, 0.2) is 0 Å². The van der Waals surface area contributed by atoms with Gasteiger partial charge in [0.2, 0.25) is 0 Å². The third-order valence-corrected chi connectivity index (χ3v) is 8.91. The molecule has 0 aromatic heterocycles. The van der Waals surface area contributed by atoms with Crippen molar-refractivity contribution in [2.75, 3.05) is 25.7 Å². The molecular formula is C28H37NO2. The Morgan fingerprint density at radius 3 is 2.52 bits per heavy atom. The lowest BCUT2D eigenvalue weighted by atomic mass is 9.55. The van der Waals surface area contributed by atoms with Gasteiger partial charge in [-0.15, -0.1) is 0 Å². The first kappa shape index (κ1) is 20.7. The Balaban J connectivity index is 1.37. The first-order valence-corrected chi connectivity index (χ1v) is 12.2. The van der Waals surface area contributed by atoms with Crippen molar-refractivity contribution in [2.24, 2.45) is 17.3 Å². The lowest BCUT2D eigenvalue weighted by molar-refractivity contribution is 0.0486. The molecule has 5 atom stereocenters. The third-order valence-electron chi connectivity index (χ3n) is 8.91. The van der Waals surface area contributed by atoms with Crippen molar-refractivity contribution < 1.29 is 9.47 Å². The fourth-order valence-electron chi connectivity index (χ4n) is 7.42. The van der Waals surface area contributed by atoms with Crippen LogP contribution in [0.5, 0.6) is 11.5 Å². The first-order chi connectivity index (χ1) is 15.0. The van der Waals surface area contributed by atoms with Gasteiger partial charge in [-0.25, -0.2) is 0 Å². The molecule has 0 heterocycles. The van der Waals surface area contributed by atoms with Gasteiger partial charge in [-0.2, -0.15) is 0 Å². The summed E-state index contributed by atoms with van der Waals surface area (Å²) in [5.74, 6) is 4.38. The molecule has 0 unspecified atom stereocenters. The predicted molar refractivity (Wildman–Crippen MR) is 127 cm³/mol. The van der Waals surface area contributed by atoms with Crippen LogP contribution < -0.4 is 14.4 Å². The van der Waals surface area contributed by atoms with Gasteiger partial charge in [0, 0.05) is 18.8 Å². The average Bonchev–Trinajstić information content (AvgIpc) is 3.16. The van der Waals surface area contributed by atoms with Gasteiger partial charge in [-0.3, -0.25) is 0 Å². The monoisotopic (exact) mass is 419 g/mol. The van der Waals surface area contributed by atoms with Crippen molar-refractivity contribution in [2.45, 2.75) is 64.3 Å². The second-order valence-electron chi connectivity index (χ2n) is 10.2. The van der Waals surface area contributed by atoms with E-state index in [2.05, 4.69) is 61.3 Å². The highest BCUT2D eigenvalue weighted by atomic mass is 16.5. The van der Waals surface area contributed by atoms with E-state index in [9.17, 15) is 0 Å². The van der Waals surface area contributed by atoms with E-state index in [1.54, 1.807) is 12.7 Å².